The van der Waals surface area contributed by atoms with E-state index in [2.05, 4.69) is 35.1 Å². The molecule has 0 radical (unpaired) electrons. The fraction of sp³-hybridized carbons (Fsp3) is 0.625. The van der Waals surface area contributed by atoms with Crippen LogP contribution in [0.15, 0.2) is 22.7 Å². The zero-order chi connectivity index (χ0) is 15.2. The van der Waals surface area contributed by atoms with Gasteiger partial charge in [0.1, 0.15) is 18.2 Å². The number of halogens is 2. The summed E-state index contributed by atoms with van der Waals surface area (Å²) >= 11 is 3.36. The van der Waals surface area contributed by atoms with Crippen molar-refractivity contribution in [2.75, 3.05) is 19.7 Å². The summed E-state index contributed by atoms with van der Waals surface area (Å²) in [5.41, 5.74) is 0. The molecule has 1 aliphatic heterocycles. The van der Waals surface area contributed by atoms with Gasteiger partial charge in [-0.15, -0.1) is 0 Å². The van der Waals surface area contributed by atoms with Gasteiger partial charge in [-0.2, -0.15) is 0 Å². The number of nitrogens with one attached hydrogen (secondary N) is 1. The molecule has 21 heavy (non-hydrogen) atoms. The van der Waals surface area contributed by atoms with E-state index in [-0.39, 0.29) is 18.0 Å². The van der Waals surface area contributed by atoms with Crippen LogP contribution in [0.3, 0.4) is 0 Å². The SMILES string of the molecule is CC(C)CNCC1CCC(COc2cc(F)ccc2Br)O1. The third-order valence-corrected chi connectivity index (χ3v) is 4.09. The van der Waals surface area contributed by atoms with E-state index >= 15 is 0 Å². The van der Waals surface area contributed by atoms with Crippen LogP contribution in [0.2, 0.25) is 0 Å². The predicted molar refractivity (Wildman–Crippen MR) is 85.2 cm³/mol. The van der Waals surface area contributed by atoms with Crippen molar-refractivity contribution in [2.45, 2.75) is 38.9 Å². The molecule has 2 atom stereocenters. The average Bonchev–Trinajstić information content (AvgIpc) is 2.87. The van der Waals surface area contributed by atoms with Gasteiger partial charge in [-0.25, -0.2) is 4.39 Å². The molecular formula is C16H23BrFNO2. The summed E-state index contributed by atoms with van der Waals surface area (Å²) in [7, 11) is 0. The van der Waals surface area contributed by atoms with Gasteiger partial charge in [0.25, 0.3) is 0 Å². The molecule has 1 saturated heterocycles. The lowest BCUT2D eigenvalue weighted by molar-refractivity contribution is 0.0182. The van der Waals surface area contributed by atoms with Gasteiger partial charge in [-0.3, -0.25) is 0 Å². The van der Waals surface area contributed by atoms with Gasteiger partial charge in [0.05, 0.1) is 16.7 Å². The highest BCUT2D eigenvalue weighted by atomic mass is 79.9. The average molecular weight is 360 g/mol. The van der Waals surface area contributed by atoms with Crippen LogP contribution in [0.4, 0.5) is 4.39 Å². The second-order valence-corrected chi connectivity index (χ2v) is 6.75. The van der Waals surface area contributed by atoms with Crippen LogP contribution in [0.25, 0.3) is 0 Å². The molecule has 1 aliphatic rings. The van der Waals surface area contributed by atoms with E-state index in [1.807, 2.05) is 0 Å². The molecule has 118 valence electrons. The molecule has 0 amide bonds. The molecule has 2 unspecified atom stereocenters. The normalized spacial score (nSPS) is 22.0. The van der Waals surface area contributed by atoms with E-state index in [0.29, 0.717) is 18.3 Å². The maximum atomic E-state index is 13.2. The molecule has 2 rings (SSSR count). The maximum Gasteiger partial charge on any atom is 0.136 e. The Bertz CT molecular complexity index is 456. The Morgan fingerprint density at radius 3 is 2.90 bits per heavy atom. The van der Waals surface area contributed by atoms with Crippen molar-refractivity contribution in [3.05, 3.63) is 28.5 Å². The Balaban J connectivity index is 1.71. The minimum absolute atomic E-state index is 0.0889. The van der Waals surface area contributed by atoms with Gasteiger partial charge in [-0.1, -0.05) is 13.8 Å². The van der Waals surface area contributed by atoms with Crippen LogP contribution in [0.5, 0.6) is 5.75 Å². The first-order valence-corrected chi connectivity index (χ1v) is 8.28. The van der Waals surface area contributed by atoms with Crippen molar-refractivity contribution in [3.63, 3.8) is 0 Å². The van der Waals surface area contributed by atoms with Gasteiger partial charge in [-0.05, 0) is 53.4 Å². The van der Waals surface area contributed by atoms with E-state index in [4.69, 9.17) is 9.47 Å². The van der Waals surface area contributed by atoms with Gasteiger partial charge in [0.15, 0.2) is 0 Å². The summed E-state index contributed by atoms with van der Waals surface area (Å²) in [4.78, 5) is 0. The zero-order valence-corrected chi connectivity index (χ0v) is 14.2. The lowest BCUT2D eigenvalue weighted by atomic mass is 10.2. The lowest BCUT2D eigenvalue weighted by Crippen LogP contribution is -2.30. The summed E-state index contributed by atoms with van der Waals surface area (Å²) in [6.07, 6.45) is 2.38. The molecule has 0 spiro atoms. The fourth-order valence-electron chi connectivity index (χ4n) is 2.36. The number of hydrogen-bond donors (Lipinski definition) is 1. The molecule has 3 nitrogen and oxygen atoms in total. The van der Waals surface area contributed by atoms with Crippen LogP contribution in [-0.4, -0.2) is 31.9 Å². The second-order valence-electron chi connectivity index (χ2n) is 5.90. The molecule has 0 bridgehead atoms. The standard InChI is InChI=1S/C16H23BrFNO2/c1-11(2)8-19-9-13-4-5-14(21-13)10-20-16-7-12(18)3-6-15(16)17/h3,6-7,11,13-14,19H,4-5,8-10H2,1-2H3. The van der Waals surface area contributed by atoms with Crippen molar-refractivity contribution in [3.8, 4) is 5.75 Å². The molecular weight excluding hydrogens is 337 g/mol. The number of hydrogen-bond acceptors (Lipinski definition) is 3. The van der Waals surface area contributed by atoms with Crippen molar-refractivity contribution in [1.29, 1.82) is 0 Å². The first-order chi connectivity index (χ1) is 10.0. The molecule has 1 N–H and O–H groups in total. The Hall–Kier alpha value is -0.650. The largest absolute Gasteiger partial charge is 0.490 e. The molecule has 5 heteroatoms. The van der Waals surface area contributed by atoms with Crippen LogP contribution in [-0.2, 0) is 4.74 Å². The Labute approximate surface area is 134 Å². The maximum absolute atomic E-state index is 13.2. The van der Waals surface area contributed by atoms with Crippen LogP contribution >= 0.6 is 15.9 Å². The van der Waals surface area contributed by atoms with E-state index in [1.165, 1.54) is 12.1 Å². The van der Waals surface area contributed by atoms with Crippen molar-refractivity contribution >= 4 is 15.9 Å². The second kappa shape index (κ2) is 8.11. The molecule has 0 aromatic heterocycles. The highest BCUT2D eigenvalue weighted by Crippen LogP contribution is 2.27. The van der Waals surface area contributed by atoms with Gasteiger partial charge < -0.3 is 14.8 Å². The van der Waals surface area contributed by atoms with E-state index < -0.39 is 0 Å². The summed E-state index contributed by atoms with van der Waals surface area (Å²) in [5, 5.41) is 3.41. The van der Waals surface area contributed by atoms with Gasteiger partial charge in [0, 0.05) is 12.6 Å². The Morgan fingerprint density at radius 2 is 2.14 bits per heavy atom. The first kappa shape index (κ1) is 16.7. The van der Waals surface area contributed by atoms with Crippen LogP contribution in [0, 0.1) is 11.7 Å². The topological polar surface area (TPSA) is 30.5 Å². The first-order valence-electron chi connectivity index (χ1n) is 7.48. The quantitative estimate of drug-likeness (QED) is 0.803. The number of rotatable bonds is 7. The van der Waals surface area contributed by atoms with E-state index in [9.17, 15) is 4.39 Å². The molecule has 1 heterocycles. The monoisotopic (exact) mass is 359 g/mol. The molecule has 1 aromatic carbocycles. The molecule has 0 aliphatic carbocycles. The number of benzene rings is 1. The summed E-state index contributed by atoms with van der Waals surface area (Å²) in [6, 6.07) is 4.44. The molecule has 1 fully saturated rings. The summed E-state index contributed by atoms with van der Waals surface area (Å²) < 4.78 is 25.5. The predicted octanol–water partition coefficient (Wildman–Crippen LogP) is 3.76. The highest BCUT2D eigenvalue weighted by Gasteiger charge is 2.25. The van der Waals surface area contributed by atoms with Crippen molar-refractivity contribution in [2.24, 2.45) is 5.92 Å². The Morgan fingerprint density at radius 1 is 1.38 bits per heavy atom. The summed E-state index contributed by atoms with van der Waals surface area (Å²) in [6.45, 7) is 6.74. The van der Waals surface area contributed by atoms with Crippen LogP contribution < -0.4 is 10.1 Å². The minimum atomic E-state index is -0.295. The molecule has 1 aromatic rings. The summed E-state index contributed by atoms with van der Waals surface area (Å²) in [5.74, 6) is 0.882. The van der Waals surface area contributed by atoms with Gasteiger partial charge >= 0.3 is 0 Å². The Kier molecular flexibility index (Phi) is 6.45. The number of ether oxygens (including phenoxy) is 2. The minimum Gasteiger partial charge on any atom is -0.490 e. The van der Waals surface area contributed by atoms with Crippen molar-refractivity contribution < 1.29 is 13.9 Å². The highest BCUT2D eigenvalue weighted by molar-refractivity contribution is 9.10. The van der Waals surface area contributed by atoms with E-state index in [0.717, 1.165) is 30.4 Å². The molecule has 0 saturated carbocycles. The van der Waals surface area contributed by atoms with Crippen LogP contribution in [0.1, 0.15) is 26.7 Å². The third kappa shape index (κ3) is 5.57. The third-order valence-electron chi connectivity index (χ3n) is 3.44. The van der Waals surface area contributed by atoms with Gasteiger partial charge in [0.2, 0.25) is 0 Å². The fourth-order valence-corrected chi connectivity index (χ4v) is 2.72. The zero-order valence-electron chi connectivity index (χ0n) is 12.6. The lowest BCUT2D eigenvalue weighted by Gasteiger charge is -2.16. The van der Waals surface area contributed by atoms with E-state index in [1.54, 1.807) is 6.07 Å². The smallest absolute Gasteiger partial charge is 0.136 e. The van der Waals surface area contributed by atoms with Crippen molar-refractivity contribution in [1.82, 2.24) is 5.32 Å².